The van der Waals surface area contributed by atoms with Gasteiger partial charge in [-0.05, 0) is 64.6 Å². The van der Waals surface area contributed by atoms with E-state index in [2.05, 4.69) is 44.5 Å². The van der Waals surface area contributed by atoms with Crippen molar-refractivity contribution in [2.45, 2.75) is 6.61 Å². The van der Waals surface area contributed by atoms with Gasteiger partial charge in [-0.25, -0.2) is 5.43 Å². The quantitative estimate of drug-likeness (QED) is 0.188. The van der Waals surface area contributed by atoms with E-state index in [0.29, 0.717) is 39.7 Å². The number of rotatable bonds is 11. The van der Waals surface area contributed by atoms with Crippen molar-refractivity contribution in [1.29, 1.82) is 5.26 Å². The maximum Gasteiger partial charge on any atom is 0.259 e. The lowest BCUT2D eigenvalue weighted by Gasteiger charge is -2.14. The summed E-state index contributed by atoms with van der Waals surface area (Å²) in [5.41, 5.74) is 4.66. The number of nitrogens with one attached hydrogen (secondary N) is 2. The fraction of sp³-hybridized carbons (Fsp3) is 0.185. The van der Waals surface area contributed by atoms with Crippen molar-refractivity contribution < 1.29 is 28.5 Å². The molecular weight excluding hydrogens is 603 g/mol. The molecule has 0 heterocycles. The van der Waals surface area contributed by atoms with Gasteiger partial charge < -0.3 is 24.3 Å². The maximum atomic E-state index is 12.4. The third-order valence-electron chi connectivity index (χ3n) is 5.22. The molecule has 0 aliphatic carbocycles. The Morgan fingerprint density at radius 3 is 2.45 bits per heavy atom. The monoisotopic (exact) mass is 628 g/mol. The average Bonchev–Trinajstić information content (AvgIpc) is 2.94. The summed E-state index contributed by atoms with van der Waals surface area (Å²) in [6.07, 6.45) is 1.45. The van der Waals surface area contributed by atoms with Gasteiger partial charge in [0.15, 0.2) is 23.0 Å². The van der Waals surface area contributed by atoms with Crippen LogP contribution in [0.2, 0.25) is 0 Å². The minimum Gasteiger partial charge on any atom is -0.493 e. The molecule has 0 saturated heterocycles. The topological polar surface area (TPSA) is 131 Å². The maximum absolute atomic E-state index is 12.4. The zero-order valence-corrected chi connectivity index (χ0v) is 23.1. The van der Waals surface area contributed by atoms with Gasteiger partial charge in [-0.2, -0.15) is 10.4 Å². The minimum atomic E-state index is -0.507. The van der Waals surface area contributed by atoms with Crippen LogP contribution in [0.1, 0.15) is 27.0 Å². The number of amides is 2. The smallest absolute Gasteiger partial charge is 0.259 e. The molecule has 3 aromatic carbocycles. The number of carbonyl (C=O) groups excluding carboxylic acids is 2. The highest BCUT2D eigenvalue weighted by Gasteiger charge is 2.14. The molecule has 0 saturated carbocycles. The molecule has 10 nitrogen and oxygen atoms in total. The van der Waals surface area contributed by atoms with Crippen LogP contribution < -0.4 is 29.7 Å². The van der Waals surface area contributed by atoms with Crippen LogP contribution in [0.4, 0.5) is 0 Å². The molecule has 0 fully saturated rings. The Labute approximate surface area is 233 Å². The van der Waals surface area contributed by atoms with E-state index in [0.717, 1.165) is 9.13 Å². The number of hydrogen-bond donors (Lipinski definition) is 2. The summed E-state index contributed by atoms with van der Waals surface area (Å²) >= 11 is 2.11. The second-order valence-corrected chi connectivity index (χ2v) is 8.80. The van der Waals surface area contributed by atoms with Crippen LogP contribution in [0.5, 0.6) is 23.0 Å². The van der Waals surface area contributed by atoms with Crippen LogP contribution in [-0.2, 0) is 11.4 Å². The molecule has 0 aliphatic heterocycles. The lowest BCUT2D eigenvalue weighted by atomic mass is 10.1. The summed E-state index contributed by atoms with van der Waals surface area (Å²) < 4.78 is 22.5. The number of halogens is 1. The van der Waals surface area contributed by atoms with Crippen molar-refractivity contribution in [2.75, 3.05) is 27.9 Å². The minimum absolute atomic E-state index is 0.203. The van der Waals surface area contributed by atoms with Crippen LogP contribution in [0.25, 0.3) is 0 Å². The van der Waals surface area contributed by atoms with Gasteiger partial charge in [0.1, 0.15) is 6.61 Å². The molecule has 0 spiro atoms. The molecule has 0 aliphatic rings. The van der Waals surface area contributed by atoms with Crippen LogP contribution in [0.15, 0.2) is 59.7 Å². The molecular formula is C27H25IN4O6. The Hall–Kier alpha value is -4.31. The summed E-state index contributed by atoms with van der Waals surface area (Å²) in [6.45, 7) is -0.0725. The van der Waals surface area contributed by atoms with Gasteiger partial charge in [0.2, 0.25) is 0 Å². The van der Waals surface area contributed by atoms with Crippen LogP contribution in [0, 0.1) is 14.9 Å². The summed E-state index contributed by atoms with van der Waals surface area (Å²) in [5.74, 6) is 0.945. The summed E-state index contributed by atoms with van der Waals surface area (Å²) in [7, 11) is 4.49. The van der Waals surface area contributed by atoms with Gasteiger partial charge >= 0.3 is 0 Å². The highest BCUT2D eigenvalue weighted by atomic mass is 127. The van der Waals surface area contributed by atoms with Gasteiger partial charge in [0.05, 0.1) is 49.3 Å². The number of hydrogen-bond acceptors (Lipinski definition) is 8. The number of methoxy groups -OCH3 is 3. The molecule has 0 aromatic heterocycles. The first kappa shape index (κ1) is 28.3. The second kappa shape index (κ2) is 13.8. The highest BCUT2D eigenvalue weighted by molar-refractivity contribution is 14.1. The van der Waals surface area contributed by atoms with E-state index >= 15 is 0 Å². The second-order valence-electron chi connectivity index (χ2n) is 7.64. The molecule has 0 bridgehead atoms. The number of nitriles is 1. The Bertz CT molecular complexity index is 1390. The van der Waals surface area contributed by atoms with Crippen molar-refractivity contribution in [3.63, 3.8) is 0 Å². The predicted octanol–water partition coefficient (Wildman–Crippen LogP) is 3.65. The summed E-state index contributed by atoms with van der Waals surface area (Å²) in [5, 5.41) is 15.8. The third-order valence-corrected chi connectivity index (χ3v) is 6.02. The summed E-state index contributed by atoms with van der Waals surface area (Å²) in [4.78, 5) is 24.5. The SMILES string of the molecule is COc1ccc(C(=O)NCC(=O)NN=Cc2cc(I)c(OCc3ccccc3C#N)c(OC)c2)cc1OC. The number of carbonyl (C=O) groups is 2. The van der Waals surface area contributed by atoms with Crippen LogP contribution >= 0.6 is 22.6 Å². The number of benzene rings is 3. The molecule has 0 unspecified atom stereocenters. The molecule has 2 N–H and O–H groups in total. The van der Waals surface area contributed by atoms with Gasteiger partial charge in [-0.15, -0.1) is 0 Å². The summed E-state index contributed by atoms with van der Waals surface area (Å²) in [6, 6.07) is 17.6. The number of ether oxygens (including phenoxy) is 4. The number of hydrazone groups is 1. The van der Waals surface area contributed by atoms with E-state index in [1.807, 2.05) is 18.2 Å². The molecule has 0 radical (unpaired) electrons. The first-order chi connectivity index (χ1) is 18.4. The molecule has 2 amide bonds. The Morgan fingerprint density at radius 1 is 1.00 bits per heavy atom. The Kier molecular flexibility index (Phi) is 10.3. The van der Waals surface area contributed by atoms with E-state index in [9.17, 15) is 14.9 Å². The van der Waals surface area contributed by atoms with Crippen molar-refractivity contribution in [2.24, 2.45) is 5.10 Å². The average molecular weight is 628 g/mol. The van der Waals surface area contributed by atoms with E-state index in [-0.39, 0.29) is 13.2 Å². The highest BCUT2D eigenvalue weighted by Crippen LogP contribution is 2.34. The number of nitrogens with zero attached hydrogens (tertiary/aromatic N) is 2. The molecule has 3 aromatic rings. The lowest BCUT2D eigenvalue weighted by molar-refractivity contribution is -0.120. The van der Waals surface area contributed by atoms with Gasteiger partial charge in [-0.3, -0.25) is 9.59 Å². The van der Waals surface area contributed by atoms with Crippen molar-refractivity contribution >= 4 is 40.6 Å². The zero-order valence-electron chi connectivity index (χ0n) is 20.9. The molecule has 196 valence electrons. The van der Waals surface area contributed by atoms with E-state index < -0.39 is 11.8 Å². The zero-order chi connectivity index (χ0) is 27.5. The van der Waals surface area contributed by atoms with Crippen molar-refractivity contribution in [3.05, 3.63) is 80.4 Å². The Morgan fingerprint density at radius 2 is 1.74 bits per heavy atom. The molecule has 3 rings (SSSR count). The van der Waals surface area contributed by atoms with Crippen molar-refractivity contribution in [3.8, 4) is 29.1 Å². The van der Waals surface area contributed by atoms with Gasteiger partial charge in [0, 0.05) is 11.1 Å². The first-order valence-corrected chi connectivity index (χ1v) is 12.3. The van der Waals surface area contributed by atoms with Gasteiger partial charge in [-0.1, -0.05) is 18.2 Å². The first-order valence-electron chi connectivity index (χ1n) is 11.2. The molecule has 11 heteroatoms. The van der Waals surface area contributed by atoms with E-state index in [4.69, 9.17) is 18.9 Å². The fourth-order valence-electron chi connectivity index (χ4n) is 3.32. The third kappa shape index (κ3) is 7.36. The lowest BCUT2D eigenvalue weighted by Crippen LogP contribution is -2.34. The standard InChI is InChI=1S/C27H25IN4O6/c1-35-22-9-8-18(12-23(22)36-2)27(34)30-15-25(33)32-31-14-17-10-21(28)26(24(11-17)37-3)38-16-20-7-5-4-6-19(20)13-29/h4-12,14H,15-16H2,1-3H3,(H,30,34)(H,32,33). The van der Waals surface area contributed by atoms with Crippen LogP contribution in [0.3, 0.4) is 0 Å². The largest absolute Gasteiger partial charge is 0.493 e. The van der Waals surface area contributed by atoms with Crippen LogP contribution in [-0.4, -0.2) is 45.9 Å². The predicted molar refractivity (Wildman–Crippen MR) is 149 cm³/mol. The normalized spacial score (nSPS) is 10.4. The van der Waals surface area contributed by atoms with Gasteiger partial charge in [0.25, 0.3) is 11.8 Å². The van der Waals surface area contributed by atoms with Crippen molar-refractivity contribution in [1.82, 2.24) is 10.7 Å². The Balaban J connectivity index is 1.57. The fourth-order valence-corrected chi connectivity index (χ4v) is 4.10. The molecule has 38 heavy (non-hydrogen) atoms. The van der Waals surface area contributed by atoms with E-state index in [1.165, 1.54) is 33.6 Å². The van der Waals surface area contributed by atoms with E-state index in [1.54, 1.807) is 30.3 Å². The molecule has 0 atom stereocenters.